The molecule has 0 aromatic heterocycles. The topological polar surface area (TPSA) is 26.0 Å². The van der Waals surface area contributed by atoms with E-state index < -0.39 is 0 Å². The van der Waals surface area contributed by atoms with Gasteiger partial charge in [0.1, 0.15) is 0 Å². The molecule has 0 heterocycles. The molecule has 1 fully saturated rings. The Kier molecular flexibility index (Phi) is 0.621. The zero-order valence-electron chi connectivity index (χ0n) is 3.70. The molecule has 1 rings (SSSR count). The van der Waals surface area contributed by atoms with E-state index in [4.69, 9.17) is 5.73 Å². The Bertz CT molecular complexity index is 72.0. The smallest absolute Gasteiger partial charge is 0.0204 e. The molecule has 1 saturated carbocycles. The van der Waals surface area contributed by atoms with Crippen LogP contribution in [-0.2, 0) is 0 Å². The van der Waals surface area contributed by atoms with Gasteiger partial charge in [0.25, 0.3) is 0 Å². The van der Waals surface area contributed by atoms with Gasteiger partial charge < -0.3 is 5.73 Å². The normalized spacial score (nSPS) is 20.7. The van der Waals surface area contributed by atoms with Crippen LogP contribution in [0.1, 0.15) is 12.8 Å². The first-order valence-corrected chi connectivity index (χ1v) is 2.10. The van der Waals surface area contributed by atoms with Crippen LogP contribution in [0.4, 0.5) is 0 Å². The molecule has 0 amide bonds. The van der Waals surface area contributed by atoms with Gasteiger partial charge in [0.15, 0.2) is 0 Å². The second-order valence-corrected chi connectivity index (χ2v) is 1.63. The molecule has 1 radical (unpaired) electrons. The second kappa shape index (κ2) is 1.00. The molecule has 2 N–H and O–H groups in total. The van der Waals surface area contributed by atoms with E-state index >= 15 is 0 Å². The van der Waals surface area contributed by atoms with Crippen molar-refractivity contribution in [2.75, 3.05) is 0 Å². The molecule has 0 atom stereocenters. The van der Waals surface area contributed by atoms with Gasteiger partial charge in [-0.25, -0.2) is 0 Å². The van der Waals surface area contributed by atoms with Gasteiger partial charge in [0, 0.05) is 11.6 Å². The summed E-state index contributed by atoms with van der Waals surface area (Å²) >= 11 is 0. The van der Waals surface area contributed by atoms with Crippen molar-refractivity contribution in [3.05, 3.63) is 18.2 Å². The van der Waals surface area contributed by atoms with Crippen LogP contribution in [0.3, 0.4) is 0 Å². The zero-order chi connectivity index (χ0) is 4.57. The van der Waals surface area contributed by atoms with E-state index in [0.717, 1.165) is 5.70 Å². The third kappa shape index (κ3) is 0.534. The highest BCUT2D eigenvalue weighted by Crippen LogP contribution is 2.35. The Morgan fingerprint density at radius 1 is 1.67 bits per heavy atom. The predicted molar refractivity (Wildman–Crippen MR) is 25.8 cm³/mol. The molecule has 0 saturated heterocycles. The maximum Gasteiger partial charge on any atom is 0.0204 e. The Morgan fingerprint density at radius 2 is 2.17 bits per heavy atom. The lowest BCUT2D eigenvalue weighted by Gasteiger charge is -1.84. The summed E-state index contributed by atoms with van der Waals surface area (Å²) < 4.78 is 0. The van der Waals surface area contributed by atoms with Crippen molar-refractivity contribution in [2.24, 2.45) is 5.73 Å². The SMILES string of the molecule is C=C(N)[C]1CC1. The molecule has 0 aliphatic heterocycles. The first kappa shape index (κ1) is 3.72. The standard InChI is InChI=1S/C5H8N/c1-4(6)5-2-3-5/h1-3,6H2. The summed E-state index contributed by atoms with van der Waals surface area (Å²) in [5, 5.41) is 0. The summed E-state index contributed by atoms with van der Waals surface area (Å²) in [6.07, 6.45) is 2.38. The second-order valence-electron chi connectivity index (χ2n) is 1.63. The number of rotatable bonds is 1. The molecular formula is C5H8N. The van der Waals surface area contributed by atoms with E-state index in [0.29, 0.717) is 0 Å². The third-order valence-corrected chi connectivity index (χ3v) is 0.954. The minimum absolute atomic E-state index is 0.787. The Morgan fingerprint density at radius 3 is 2.17 bits per heavy atom. The van der Waals surface area contributed by atoms with Crippen molar-refractivity contribution in [2.45, 2.75) is 12.8 Å². The van der Waals surface area contributed by atoms with Crippen LogP contribution < -0.4 is 5.73 Å². The van der Waals surface area contributed by atoms with E-state index in [1.54, 1.807) is 0 Å². The molecule has 6 heavy (non-hydrogen) atoms. The lowest BCUT2D eigenvalue weighted by atomic mass is 10.3. The van der Waals surface area contributed by atoms with E-state index in [1.165, 1.54) is 18.8 Å². The number of nitrogens with two attached hydrogens (primary N) is 1. The molecular weight excluding hydrogens is 74.1 g/mol. The number of allylic oxidation sites excluding steroid dienone is 1. The Hall–Kier alpha value is -0.460. The third-order valence-electron chi connectivity index (χ3n) is 0.954. The fraction of sp³-hybridized carbons (Fsp3) is 0.400. The maximum atomic E-state index is 5.27. The van der Waals surface area contributed by atoms with Crippen molar-refractivity contribution in [3.8, 4) is 0 Å². The van der Waals surface area contributed by atoms with Gasteiger partial charge in [0.05, 0.1) is 0 Å². The van der Waals surface area contributed by atoms with Crippen LogP contribution in [0.25, 0.3) is 0 Å². The lowest BCUT2D eigenvalue weighted by Crippen LogP contribution is -1.92. The summed E-state index contributed by atoms with van der Waals surface area (Å²) in [7, 11) is 0. The molecule has 1 aliphatic rings. The molecule has 0 bridgehead atoms. The van der Waals surface area contributed by atoms with Gasteiger partial charge in [0.2, 0.25) is 0 Å². The van der Waals surface area contributed by atoms with Gasteiger partial charge >= 0.3 is 0 Å². The summed E-state index contributed by atoms with van der Waals surface area (Å²) in [5.41, 5.74) is 6.05. The molecule has 0 aromatic rings. The van der Waals surface area contributed by atoms with Crippen LogP contribution in [-0.4, -0.2) is 0 Å². The molecule has 1 nitrogen and oxygen atoms in total. The summed E-state index contributed by atoms with van der Waals surface area (Å²) in [6, 6.07) is 0. The minimum atomic E-state index is 0.787. The van der Waals surface area contributed by atoms with Crippen LogP contribution in [0, 0.1) is 5.92 Å². The number of hydrogen-bond acceptors (Lipinski definition) is 1. The average molecular weight is 82.1 g/mol. The Balaban J connectivity index is 2.31. The van der Waals surface area contributed by atoms with Crippen LogP contribution in [0.15, 0.2) is 12.3 Å². The first-order valence-electron chi connectivity index (χ1n) is 2.10. The highest BCUT2D eigenvalue weighted by molar-refractivity contribution is 5.27. The van der Waals surface area contributed by atoms with Crippen LogP contribution >= 0.6 is 0 Å². The number of hydrogen-bond donors (Lipinski definition) is 1. The molecule has 1 heteroatoms. The molecule has 0 spiro atoms. The van der Waals surface area contributed by atoms with Crippen molar-refractivity contribution in [3.63, 3.8) is 0 Å². The van der Waals surface area contributed by atoms with Crippen molar-refractivity contribution < 1.29 is 0 Å². The monoisotopic (exact) mass is 82.1 g/mol. The van der Waals surface area contributed by atoms with E-state index in [9.17, 15) is 0 Å². The minimum Gasteiger partial charge on any atom is -0.402 e. The summed E-state index contributed by atoms with van der Waals surface area (Å²) in [6.45, 7) is 3.56. The predicted octanol–water partition coefficient (Wildman–Crippen LogP) is 0.827. The fourth-order valence-electron chi connectivity index (χ4n) is 0.384. The maximum absolute atomic E-state index is 5.27. The van der Waals surface area contributed by atoms with E-state index in [-0.39, 0.29) is 0 Å². The summed E-state index contributed by atoms with van der Waals surface area (Å²) in [4.78, 5) is 0. The van der Waals surface area contributed by atoms with Crippen molar-refractivity contribution >= 4 is 0 Å². The van der Waals surface area contributed by atoms with E-state index in [2.05, 4.69) is 6.58 Å². The summed E-state index contributed by atoms with van der Waals surface area (Å²) in [5.74, 6) is 1.34. The van der Waals surface area contributed by atoms with Gasteiger partial charge in [-0.15, -0.1) is 0 Å². The highest BCUT2D eigenvalue weighted by Gasteiger charge is 2.22. The van der Waals surface area contributed by atoms with Crippen LogP contribution in [0.5, 0.6) is 0 Å². The molecule has 0 aromatic carbocycles. The Labute approximate surface area is 37.8 Å². The van der Waals surface area contributed by atoms with Crippen LogP contribution in [0.2, 0.25) is 0 Å². The largest absolute Gasteiger partial charge is 0.402 e. The molecule has 0 unspecified atom stereocenters. The van der Waals surface area contributed by atoms with Gasteiger partial charge in [-0.1, -0.05) is 6.58 Å². The van der Waals surface area contributed by atoms with Gasteiger partial charge in [-0.2, -0.15) is 0 Å². The van der Waals surface area contributed by atoms with Crippen molar-refractivity contribution in [1.29, 1.82) is 0 Å². The van der Waals surface area contributed by atoms with Gasteiger partial charge in [-0.3, -0.25) is 0 Å². The molecule has 1 aliphatic carbocycles. The highest BCUT2D eigenvalue weighted by atomic mass is 14.6. The van der Waals surface area contributed by atoms with Gasteiger partial charge in [-0.05, 0) is 12.8 Å². The van der Waals surface area contributed by atoms with E-state index in [1.807, 2.05) is 0 Å². The zero-order valence-corrected chi connectivity index (χ0v) is 3.70. The lowest BCUT2D eigenvalue weighted by molar-refractivity contribution is 1.30. The molecule has 33 valence electrons. The fourth-order valence-corrected chi connectivity index (χ4v) is 0.384. The first-order chi connectivity index (χ1) is 2.80. The quantitative estimate of drug-likeness (QED) is 0.498. The van der Waals surface area contributed by atoms with Crippen molar-refractivity contribution in [1.82, 2.24) is 0 Å². The average Bonchev–Trinajstić information content (AvgIpc) is 2.06.